The molecule has 0 spiro atoms. The number of nitrogens with zero attached hydrogens (tertiary/aromatic N) is 4. The van der Waals surface area contributed by atoms with E-state index in [9.17, 15) is 4.79 Å². The van der Waals surface area contributed by atoms with Gasteiger partial charge in [0.25, 0.3) is 0 Å². The molecule has 1 saturated heterocycles. The molecule has 1 aromatic rings. The number of hydrogen-bond donors (Lipinski definition) is 0. The molecule has 5 nitrogen and oxygen atoms in total. The molecule has 1 unspecified atom stereocenters. The molecule has 1 aliphatic carbocycles. The van der Waals surface area contributed by atoms with Crippen molar-refractivity contribution in [2.45, 2.75) is 44.6 Å². The molecule has 1 aromatic heterocycles. The van der Waals surface area contributed by atoms with Crippen LogP contribution in [0.5, 0.6) is 0 Å². The molecule has 1 atom stereocenters. The van der Waals surface area contributed by atoms with Crippen molar-refractivity contribution in [1.29, 1.82) is 0 Å². The van der Waals surface area contributed by atoms with E-state index in [0.29, 0.717) is 5.91 Å². The van der Waals surface area contributed by atoms with Crippen molar-refractivity contribution in [3.05, 3.63) is 12.2 Å². The Balaban J connectivity index is 1.79. The fourth-order valence-electron chi connectivity index (χ4n) is 3.30. The van der Waals surface area contributed by atoms with E-state index < -0.39 is 0 Å². The number of carbonyl (C=O) groups excluding carboxylic acids is 1. The van der Waals surface area contributed by atoms with E-state index in [1.165, 1.54) is 12.8 Å². The monoisotopic (exact) mass is 248 g/mol. The first-order valence-corrected chi connectivity index (χ1v) is 6.92. The van der Waals surface area contributed by atoms with Crippen molar-refractivity contribution in [2.24, 2.45) is 13.0 Å². The molecule has 3 rings (SSSR count). The Bertz CT molecular complexity index is 436. The van der Waals surface area contributed by atoms with E-state index in [1.54, 1.807) is 6.33 Å². The predicted octanol–water partition coefficient (Wildman–Crippen LogP) is 1.67. The molecule has 2 fully saturated rings. The molecular weight excluding hydrogens is 228 g/mol. The summed E-state index contributed by atoms with van der Waals surface area (Å²) in [6.45, 7) is 0.882. The maximum absolute atomic E-state index is 12.5. The molecule has 1 aliphatic heterocycles. The van der Waals surface area contributed by atoms with Crippen molar-refractivity contribution >= 4 is 5.91 Å². The van der Waals surface area contributed by atoms with Crippen LogP contribution in [0.3, 0.4) is 0 Å². The van der Waals surface area contributed by atoms with Crippen LogP contribution in [0.1, 0.15) is 50.4 Å². The maximum atomic E-state index is 12.5. The molecule has 0 bridgehead atoms. The average Bonchev–Trinajstić information content (AvgIpc) is 3.09. The van der Waals surface area contributed by atoms with Crippen LogP contribution in [0, 0.1) is 5.92 Å². The Morgan fingerprint density at radius 1 is 1.28 bits per heavy atom. The SMILES string of the molecule is Cn1cnnc1C1CCCN1C(=O)C1CCCC1. The van der Waals surface area contributed by atoms with Gasteiger partial charge < -0.3 is 9.47 Å². The lowest BCUT2D eigenvalue weighted by molar-refractivity contribution is -0.136. The van der Waals surface area contributed by atoms with E-state index in [1.807, 2.05) is 16.5 Å². The van der Waals surface area contributed by atoms with Crippen LogP contribution in [-0.2, 0) is 11.8 Å². The van der Waals surface area contributed by atoms with Crippen LogP contribution < -0.4 is 0 Å². The van der Waals surface area contributed by atoms with Crippen LogP contribution in [0.2, 0.25) is 0 Å². The predicted molar refractivity (Wildman–Crippen MR) is 66.6 cm³/mol. The molecule has 1 saturated carbocycles. The highest BCUT2D eigenvalue weighted by Crippen LogP contribution is 2.35. The second-order valence-electron chi connectivity index (χ2n) is 5.47. The minimum absolute atomic E-state index is 0.144. The van der Waals surface area contributed by atoms with Gasteiger partial charge in [-0.2, -0.15) is 0 Å². The lowest BCUT2D eigenvalue weighted by Crippen LogP contribution is -2.35. The zero-order valence-electron chi connectivity index (χ0n) is 10.9. The van der Waals surface area contributed by atoms with Crippen LogP contribution in [0.25, 0.3) is 0 Å². The summed E-state index contributed by atoms with van der Waals surface area (Å²) in [4.78, 5) is 14.6. The van der Waals surface area contributed by atoms with Gasteiger partial charge in [-0.1, -0.05) is 12.8 Å². The van der Waals surface area contributed by atoms with Gasteiger partial charge in [0.1, 0.15) is 6.33 Å². The molecule has 0 aromatic carbocycles. The van der Waals surface area contributed by atoms with Crippen molar-refractivity contribution in [2.75, 3.05) is 6.54 Å². The molecule has 5 heteroatoms. The van der Waals surface area contributed by atoms with Crippen molar-refractivity contribution in [1.82, 2.24) is 19.7 Å². The van der Waals surface area contributed by atoms with Crippen LogP contribution >= 0.6 is 0 Å². The summed E-state index contributed by atoms with van der Waals surface area (Å²) in [5, 5.41) is 8.11. The number of likely N-dealkylation sites (tertiary alicyclic amines) is 1. The highest BCUT2D eigenvalue weighted by Gasteiger charge is 2.36. The molecule has 98 valence electrons. The first kappa shape index (κ1) is 11.7. The minimum Gasteiger partial charge on any atom is -0.332 e. The Hall–Kier alpha value is -1.39. The normalized spacial score (nSPS) is 24.9. The van der Waals surface area contributed by atoms with Crippen molar-refractivity contribution in [3.8, 4) is 0 Å². The van der Waals surface area contributed by atoms with E-state index >= 15 is 0 Å². The zero-order chi connectivity index (χ0) is 12.5. The fourth-order valence-corrected chi connectivity index (χ4v) is 3.30. The molecular formula is C13H20N4O. The van der Waals surface area contributed by atoms with Gasteiger partial charge in [-0.25, -0.2) is 0 Å². The molecule has 0 radical (unpaired) electrons. The van der Waals surface area contributed by atoms with Gasteiger partial charge in [-0.05, 0) is 25.7 Å². The van der Waals surface area contributed by atoms with Gasteiger partial charge in [0, 0.05) is 19.5 Å². The Labute approximate surface area is 107 Å². The summed E-state index contributed by atoms with van der Waals surface area (Å²) in [5.74, 6) is 1.54. The van der Waals surface area contributed by atoms with Crippen LogP contribution in [-0.4, -0.2) is 32.1 Å². The van der Waals surface area contributed by atoms with Gasteiger partial charge in [-0.3, -0.25) is 4.79 Å². The molecule has 2 aliphatic rings. The minimum atomic E-state index is 0.144. The lowest BCUT2D eigenvalue weighted by atomic mass is 10.1. The second-order valence-corrected chi connectivity index (χ2v) is 5.47. The Morgan fingerprint density at radius 3 is 2.72 bits per heavy atom. The Kier molecular flexibility index (Phi) is 3.06. The highest BCUT2D eigenvalue weighted by atomic mass is 16.2. The first-order chi connectivity index (χ1) is 8.77. The third-order valence-electron chi connectivity index (χ3n) is 4.28. The van der Waals surface area contributed by atoms with Gasteiger partial charge >= 0.3 is 0 Å². The molecule has 1 amide bonds. The average molecular weight is 248 g/mol. The second kappa shape index (κ2) is 4.71. The smallest absolute Gasteiger partial charge is 0.226 e. The van der Waals surface area contributed by atoms with E-state index in [2.05, 4.69) is 10.2 Å². The van der Waals surface area contributed by atoms with Gasteiger partial charge in [-0.15, -0.1) is 10.2 Å². The number of amides is 1. The number of rotatable bonds is 2. The first-order valence-electron chi connectivity index (χ1n) is 6.92. The quantitative estimate of drug-likeness (QED) is 0.800. The third-order valence-corrected chi connectivity index (χ3v) is 4.28. The number of hydrogen-bond acceptors (Lipinski definition) is 3. The van der Waals surface area contributed by atoms with Crippen molar-refractivity contribution < 1.29 is 4.79 Å². The fraction of sp³-hybridized carbons (Fsp3) is 0.769. The summed E-state index contributed by atoms with van der Waals surface area (Å²) >= 11 is 0. The third kappa shape index (κ3) is 1.91. The van der Waals surface area contributed by atoms with Gasteiger partial charge in [0.2, 0.25) is 5.91 Å². The van der Waals surface area contributed by atoms with Crippen LogP contribution in [0.15, 0.2) is 6.33 Å². The summed E-state index contributed by atoms with van der Waals surface area (Å²) < 4.78 is 1.94. The number of aryl methyl sites for hydroxylation is 1. The maximum Gasteiger partial charge on any atom is 0.226 e. The highest BCUT2D eigenvalue weighted by molar-refractivity contribution is 5.79. The molecule has 2 heterocycles. The molecule has 18 heavy (non-hydrogen) atoms. The standard InChI is InChI=1S/C13H20N4O/c1-16-9-14-15-12(16)11-7-4-8-17(11)13(18)10-5-2-3-6-10/h9-11H,2-8H2,1H3. The van der Waals surface area contributed by atoms with E-state index in [4.69, 9.17) is 0 Å². The van der Waals surface area contributed by atoms with E-state index in [-0.39, 0.29) is 12.0 Å². The number of carbonyl (C=O) groups is 1. The lowest BCUT2D eigenvalue weighted by Gasteiger charge is -2.26. The number of aromatic nitrogens is 3. The zero-order valence-corrected chi connectivity index (χ0v) is 10.9. The topological polar surface area (TPSA) is 51.0 Å². The summed E-state index contributed by atoms with van der Waals surface area (Å²) in [7, 11) is 1.95. The summed E-state index contributed by atoms with van der Waals surface area (Å²) in [6.07, 6.45) is 8.37. The largest absolute Gasteiger partial charge is 0.332 e. The van der Waals surface area contributed by atoms with Gasteiger partial charge in [0.15, 0.2) is 5.82 Å². The summed E-state index contributed by atoms with van der Waals surface area (Å²) in [5.41, 5.74) is 0. The van der Waals surface area contributed by atoms with Crippen LogP contribution in [0.4, 0.5) is 0 Å². The van der Waals surface area contributed by atoms with Crippen molar-refractivity contribution in [3.63, 3.8) is 0 Å². The van der Waals surface area contributed by atoms with Gasteiger partial charge in [0.05, 0.1) is 6.04 Å². The summed E-state index contributed by atoms with van der Waals surface area (Å²) in [6, 6.07) is 0.144. The Morgan fingerprint density at radius 2 is 2.06 bits per heavy atom. The molecule has 0 N–H and O–H groups in total. The van der Waals surface area contributed by atoms with E-state index in [0.717, 1.165) is 38.1 Å².